The lowest BCUT2D eigenvalue weighted by atomic mass is 9.84. The van der Waals surface area contributed by atoms with E-state index in [1.807, 2.05) is 0 Å². The highest BCUT2D eigenvalue weighted by molar-refractivity contribution is 5.87. The third-order valence-electron chi connectivity index (χ3n) is 6.79. The SMILES string of the molecule is CCCc1c(CC2CCCN(C3CCC(O)CC3)C2=O)ccc2ccccc12. The van der Waals surface area contributed by atoms with Gasteiger partial charge in [0.15, 0.2) is 0 Å². The lowest BCUT2D eigenvalue weighted by Gasteiger charge is -2.40. The van der Waals surface area contributed by atoms with Crippen LogP contribution in [0.3, 0.4) is 0 Å². The molecule has 0 aromatic heterocycles. The number of fused-ring (bicyclic) bond motifs is 1. The maximum atomic E-state index is 13.3. The molecule has 1 atom stereocenters. The van der Waals surface area contributed by atoms with Gasteiger partial charge < -0.3 is 10.0 Å². The molecule has 1 saturated heterocycles. The minimum atomic E-state index is -0.166. The van der Waals surface area contributed by atoms with E-state index in [0.29, 0.717) is 11.9 Å². The van der Waals surface area contributed by atoms with E-state index in [4.69, 9.17) is 0 Å². The molecule has 1 N–H and O–H groups in total. The van der Waals surface area contributed by atoms with Crippen LogP contribution in [-0.2, 0) is 17.6 Å². The number of aryl methyl sites for hydroxylation is 1. The van der Waals surface area contributed by atoms with Crippen molar-refractivity contribution < 1.29 is 9.90 Å². The highest BCUT2D eigenvalue weighted by Crippen LogP contribution is 2.32. The summed E-state index contributed by atoms with van der Waals surface area (Å²) >= 11 is 0. The van der Waals surface area contributed by atoms with Crippen LogP contribution in [0.1, 0.15) is 63.0 Å². The summed E-state index contributed by atoms with van der Waals surface area (Å²) in [6.07, 6.45) is 8.58. The van der Waals surface area contributed by atoms with Crippen LogP contribution < -0.4 is 0 Å². The molecule has 2 aliphatic rings. The molecule has 1 aliphatic carbocycles. The van der Waals surface area contributed by atoms with Crippen molar-refractivity contribution >= 4 is 16.7 Å². The molecule has 1 heterocycles. The first-order valence-electron chi connectivity index (χ1n) is 11.2. The van der Waals surface area contributed by atoms with E-state index in [1.54, 1.807) is 0 Å². The van der Waals surface area contributed by atoms with E-state index >= 15 is 0 Å². The van der Waals surface area contributed by atoms with Gasteiger partial charge in [0.2, 0.25) is 5.91 Å². The fourth-order valence-electron chi connectivity index (χ4n) is 5.28. The standard InChI is InChI=1S/C25H33NO2/c1-2-6-23-19(11-10-18-7-3-4-9-24(18)23)17-20-8-5-16-26(25(20)28)21-12-14-22(27)15-13-21/h3-4,7,9-11,20-22,27H,2,5-6,8,12-17H2,1H3. The lowest BCUT2D eigenvalue weighted by molar-refractivity contribution is -0.142. The molecule has 0 radical (unpaired) electrons. The van der Waals surface area contributed by atoms with Crippen LogP contribution in [0.2, 0.25) is 0 Å². The lowest BCUT2D eigenvalue weighted by Crippen LogP contribution is -2.49. The van der Waals surface area contributed by atoms with Crippen LogP contribution >= 0.6 is 0 Å². The van der Waals surface area contributed by atoms with Crippen molar-refractivity contribution in [2.45, 2.75) is 76.9 Å². The van der Waals surface area contributed by atoms with Gasteiger partial charge in [-0.15, -0.1) is 0 Å². The van der Waals surface area contributed by atoms with Gasteiger partial charge in [0.25, 0.3) is 0 Å². The third-order valence-corrected chi connectivity index (χ3v) is 6.79. The maximum absolute atomic E-state index is 13.3. The first-order chi connectivity index (χ1) is 13.7. The van der Waals surface area contributed by atoms with Gasteiger partial charge in [-0.3, -0.25) is 4.79 Å². The zero-order valence-corrected chi connectivity index (χ0v) is 17.1. The number of hydrogen-bond acceptors (Lipinski definition) is 2. The Hall–Kier alpha value is -1.87. The number of carbonyl (C=O) groups excluding carboxylic acids is 1. The molecule has 0 spiro atoms. The Morgan fingerprint density at radius 2 is 1.82 bits per heavy atom. The largest absolute Gasteiger partial charge is 0.393 e. The van der Waals surface area contributed by atoms with E-state index in [2.05, 4.69) is 48.2 Å². The van der Waals surface area contributed by atoms with Gasteiger partial charge in [0, 0.05) is 18.5 Å². The van der Waals surface area contributed by atoms with Gasteiger partial charge in [-0.1, -0.05) is 49.7 Å². The highest BCUT2D eigenvalue weighted by Gasteiger charge is 2.35. The maximum Gasteiger partial charge on any atom is 0.226 e. The molecule has 4 rings (SSSR count). The highest BCUT2D eigenvalue weighted by atomic mass is 16.3. The number of amides is 1. The molecule has 0 bridgehead atoms. The summed E-state index contributed by atoms with van der Waals surface area (Å²) in [6.45, 7) is 3.13. The van der Waals surface area contributed by atoms with Crippen LogP contribution in [0, 0.1) is 5.92 Å². The molecule has 2 aromatic carbocycles. The molecule has 2 fully saturated rings. The van der Waals surface area contributed by atoms with E-state index in [0.717, 1.165) is 64.3 Å². The van der Waals surface area contributed by atoms with Gasteiger partial charge in [-0.2, -0.15) is 0 Å². The molecule has 1 unspecified atom stereocenters. The Labute approximate surface area is 168 Å². The molecule has 3 heteroatoms. The second kappa shape index (κ2) is 8.65. The van der Waals surface area contributed by atoms with Crippen LogP contribution in [0.4, 0.5) is 0 Å². The molecular weight excluding hydrogens is 346 g/mol. The van der Waals surface area contributed by atoms with Gasteiger partial charge in [-0.05, 0) is 73.3 Å². The van der Waals surface area contributed by atoms with Crippen molar-refractivity contribution in [3.05, 3.63) is 47.5 Å². The van der Waals surface area contributed by atoms with Crippen molar-refractivity contribution in [2.24, 2.45) is 5.92 Å². The Kier molecular flexibility index (Phi) is 6.01. The van der Waals surface area contributed by atoms with E-state index in [-0.39, 0.29) is 12.0 Å². The summed E-state index contributed by atoms with van der Waals surface area (Å²) in [5.74, 6) is 0.459. The van der Waals surface area contributed by atoms with Gasteiger partial charge in [0.1, 0.15) is 0 Å². The van der Waals surface area contributed by atoms with Crippen LogP contribution in [0.15, 0.2) is 36.4 Å². The quantitative estimate of drug-likeness (QED) is 0.804. The first-order valence-corrected chi connectivity index (χ1v) is 11.2. The second-order valence-corrected chi connectivity index (χ2v) is 8.71. The molecular formula is C25H33NO2. The van der Waals surface area contributed by atoms with E-state index in [1.165, 1.54) is 21.9 Å². The van der Waals surface area contributed by atoms with Gasteiger partial charge in [0.05, 0.1) is 6.10 Å². The zero-order valence-electron chi connectivity index (χ0n) is 17.1. The smallest absolute Gasteiger partial charge is 0.226 e. The number of nitrogens with zero attached hydrogens (tertiary/aromatic N) is 1. The summed E-state index contributed by atoms with van der Waals surface area (Å²) in [4.78, 5) is 15.5. The number of carbonyl (C=O) groups is 1. The van der Waals surface area contributed by atoms with Crippen LogP contribution in [0.25, 0.3) is 10.8 Å². The number of piperidine rings is 1. The average molecular weight is 380 g/mol. The summed E-state index contributed by atoms with van der Waals surface area (Å²) in [5, 5.41) is 12.5. The minimum absolute atomic E-state index is 0.109. The van der Waals surface area contributed by atoms with Crippen LogP contribution in [-0.4, -0.2) is 34.6 Å². The van der Waals surface area contributed by atoms with Crippen molar-refractivity contribution in [1.82, 2.24) is 4.90 Å². The number of aliphatic hydroxyl groups excluding tert-OH is 1. The Morgan fingerprint density at radius 3 is 2.61 bits per heavy atom. The molecule has 2 aromatic rings. The fraction of sp³-hybridized carbons (Fsp3) is 0.560. The summed E-state index contributed by atoms with van der Waals surface area (Å²) < 4.78 is 0. The van der Waals surface area contributed by atoms with Crippen molar-refractivity contribution in [3.63, 3.8) is 0 Å². The number of hydrogen-bond donors (Lipinski definition) is 1. The van der Waals surface area contributed by atoms with E-state index in [9.17, 15) is 9.90 Å². The summed E-state index contributed by atoms with van der Waals surface area (Å²) in [6, 6.07) is 13.5. The zero-order chi connectivity index (χ0) is 19.5. The van der Waals surface area contributed by atoms with Gasteiger partial charge >= 0.3 is 0 Å². The van der Waals surface area contributed by atoms with E-state index < -0.39 is 0 Å². The van der Waals surface area contributed by atoms with Crippen LogP contribution in [0.5, 0.6) is 0 Å². The Morgan fingerprint density at radius 1 is 1.04 bits per heavy atom. The second-order valence-electron chi connectivity index (χ2n) is 8.71. The molecule has 1 amide bonds. The molecule has 150 valence electrons. The minimum Gasteiger partial charge on any atom is -0.393 e. The predicted octanol–water partition coefficient (Wildman–Crippen LogP) is 4.88. The normalized spacial score (nSPS) is 26.0. The number of rotatable bonds is 5. The number of benzene rings is 2. The van der Waals surface area contributed by atoms with Gasteiger partial charge in [-0.25, -0.2) is 0 Å². The molecule has 1 aliphatic heterocycles. The monoisotopic (exact) mass is 379 g/mol. The molecule has 3 nitrogen and oxygen atoms in total. The third kappa shape index (κ3) is 3.96. The summed E-state index contributed by atoms with van der Waals surface area (Å²) in [7, 11) is 0. The van der Waals surface area contributed by atoms with Crippen molar-refractivity contribution in [1.29, 1.82) is 0 Å². The Balaban J connectivity index is 1.55. The molecule has 1 saturated carbocycles. The first kappa shape index (κ1) is 19.4. The predicted molar refractivity (Wildman–Crippen MR) is 114 cm³/mol. The summed E-state index contributed by atoms with van der Waals surface area (Å²) in [5.41, 5.74) is 2.80. The van der Waals surface area contributed by atoms with Crippen molar-refractivity contribution in [3.8, 4) is 0 Å². The van der Waals surface area contributed by atoms with Crippen molar-refractivity contribution in [2.75, 3.05) is 6.54 Å². The number of aliphatic hydroxyl groups is 1. The number of likely N-dealkylation sites (tertiary alicyclic amines) is 1. The Bertz CT molecular complexity index is 822. The fourth-order valence-corrected chi connectivity index (χ4v) is 5.28. The molecule has 28 heavy (non-hydrogen) atoms. The average Bonchev–Trinajstić information content (AvgIpc) is 2.72. The topological polar surface area (TPSA) is 40.5 Å².